The highest BCUT2D eigenvalue weighted by Gasteiger charge is 2.01. The number of nitrogens with zero attached hydrogens (tertiary/aromatic N) is 2. The highest BCUT2D eigenvalue weighted by atomic mass is 16.3. The molecule has 0 saturated heterocycles. The number of fused-ring (bicyclic) bond motifs is 1. The van der Waals surface area contributed by atoms with Crippen molar-refractivity contribution in [2.75, 3.05) is 12.2 Å². The zero-order chi connectivity index (χ0) is 9.97. The van der Waals surface area contributed by atoms with Gasteiger partial charge in [-0.3, -0.25) is 10.2 Å². The van der Waals surface area contributed by atoms with Gasteiger partial charge in [0.25, 0.3) is 5.56 Å². The molecule has 0 unspecified atom stereocenters. The van der Waals surface area contributed by atoms with Gasteiger partial charge in [-0.05, 0) is 18.2 Å². The van der Waals surface area contributed by atoms with Crippen LogP contribution >= 0.6 is 0 Å². The van der Waals surface area contributed by atoms with Gasteiger partial charge in [-0.2, -0.15) is 0 Å². The Labute approximate surface area is 79.6 Å². The van der Waals surface area contributed by atoms with Crippen LogP contribution in [0, 0.1) is 0 Å². The predicted octanol–water partition coefficient (Wildman–Crippen LogP) is -0.110. The van der Waals surface area contributed by atoms with E-state index in [-0.39, 0.29) is 12.3 Å². The average Bonchev–Trinajstić information content (AvgIpc) is 2.23. The molecule has 0 saturated carbocycles. The van der Waals surface area contributed by atoms with Crippen molar-refractivity contribution in [1.29, 1.82) is 0 Å². The Morgan fingerprint density at radius 1 is 1.43 bits per heavy atom. The van der Waals surface area contributed by atoms with E-state index in [0.717, 1.165) is 5.39 Å². The molecule has 72 valence electrons. The van der Waals surface area contributed by atoms with Crippen LogP contribution in [0.3, 0.4) is 0 Å². The summed E-state index contributed by atoms with van der Waals surface area (Å²) in [6.45, 7) is -0.310. The first-order chi connectivity index (χ1) is 6.83. The van der Waals surface area contributed by atoms with Gasteiger partial charge in [-0.15, -0.1) is 0 Å². The number of hydrogen-bond acceptors (Lipinski definition) is 4. The van der Waals surface area contributed by atoms with Crippen molar-refractivity contribution >= 4 is 11.0 Å². The van der Waals surface area contributed by atoms with Crippen molar-refractivity contribution in [1.82, 2.24) is 9.66 Å². The van der Waals surface area contributed by atoms with E-state index in [1.165, 1.54) is 10.7 Å². The molecule has 0 bridgehead atoms. The Kier molecular flexibility index (Phi) is 2.16. The van der Waals surface area contributed by atoms with Crippen LogP contribution in [0.25, 0.3) is 11.0 Å². The quantitative estimate of drug-likeness (QED) is 0.650. The molecule has 2 heterocycles. The molecule has 2 N–H and O–H groups in total. The fraction of sp³-hybridized carbons (Fsp3) is 0.111. The minimum atomic E-state index is -0.310. The van der Waals surface area contributed by atoms with Gasteiger partial charge < -0.3 is 5.11 Å². The molecule has 0 aliphatic carbocycles. The van der Waals surface area contributed by atoms with E-state index in [1.807, 2.05) is 6.07 Å². The molecule has 0 aromatic carbocycles. The van der Waals surface area contributed by atoms with Crippen molar-refractivity contribution in [3.8, 4) is 0 Å². The number of aliphatic hydroxyl groups is 1. The molecule has 0 aliphatic rings. The van der Waals surface area contributed by atoms with E-state index in [0.29, 0.717) is 5.65 Å². The number of rotatable bonds is 2. The van der Waals surface area contributed by atoms with E-state index in [1.54, 1.807) is 18.3 Å². The minimum absolute atomic E-state index is 0.245. The van der Waals surface area contributed by atoms with Gasteiger partial charge in [-0.25, -0.2) is 9.66 Å². The fourth-order valence-corrected chi connectivity index (χ4v) is 1.29. The number of aromatic nitrogens is 2. The molecule has 0 amide bonds. The Bertz CT molecular complexity index is 507. The second-order valence-electron chi connectivity index (χ2n) is 2.74. The lowest BCUT2D eigenvalue weighted by molar-refractivity contribution is 0.309. The van der Waals surface area contributed by atoms with Gasteiger partial charge >= 0.3 is 0 Å². The van der Waals surface area contributed by atoms with Crippen molar-refractivity contribution < 1.29 is 5.11 Å². The third-order valence-corrected chi connectivity index (χ3v) is 1.88. The molecular weight excluding hydrogens is 182 g/mol. The Hall–Kier alpha value is -1.88. The van der Waals surface area contributed by atoms with Gasteiger partial charge in [0.15, 0.2) is 5.65 Å². The fourth-order valence-electron chi connectivity index (χ4n) is 1.29. The molecule has 14 heavy (non-hydrogen) atoms. The number of nitrogens with one attached hydrogen (secondary N) is 1. The third-order valence-electron chi connectivity index (χ3n) is 1.88. The van der Waals surface area contributed by atoms with Crippen LogP contribution < -0.4 is 11.0 Å². The lowest BCUT2D eigenvalue weighted by Crippen LogP contribution is -2.29. The third kappa shape index (κ3) is 1.33. The Balaban J connectivity index is 2.76. The van der Waals surface area contributed by atoms with Crippen LogP contribution in [0.4, 0.5) is 0 Å². The van der Waals surface area contributed by atoms with Gasteiger partial charge in [0.2, 0.25) is 0 Å². The van der Waals surface area contributed by atoms with Crippen LogP contribution in [0.5, 0.6) is 0 Å². The van der Waals surface area contributed by atoms with Crippen LogP contribution in [-0.4, -0.2) is 21.5 Å². The molecular formula is C9H9N3O2. The molecule has 2 aromatic heterocycles. The minimum Gasteiger partial charge on any atom is -0.375 e. The van der Waals surface area contributed by atoms with E-state index in [4.69, 9.17) is 5.11 Å². The molecule has 2 rings (SSSR count). The molecule has 0 radical (unpaired) electrons. The Morgan fingerprint density at radius 2 is 2.29 bits per heavy atom. The van der Waals surface area contributed by atoms with E-state index in [9.17, 15) is 4.79 Å². The topological polar surface area (TPSA) is 67.2 Å². The predicted molar refractivity (Wildman–Crippen MR) is 52.4 cm³/mol. The van der Waals surface area contributed by atoms with Gasteiger partial charge in [0, 0.05) is 17.6 Å². The maximum Gasteiger partial charge on any atom is 0.270 e. The second-order valence-corrected chi connectivity index (χ2v) is 2.74. The van der Waals surface area contributed by atoms with E-state index >= 15 is 0 Å². The first-order valence-electron chi connectivity index (χ1n) is 4.14. The van der Waals surface area contributed by atoms with Gasteiger partial charge in [0.05, 0.1) is 0 Å². The summed E-state index contributed by atoms with van der Waals surface area (Å²) in [6.07, 6.45) is 1.59. The normalized spacial score (nSPS) is 10.4. The van der Waals surface area contributed by atoms with Crippen molar-refractivity contribution in [3.05, 3.63) is 40.8 Å². The summed E-state index contributed by atoms with van der Waals surface area (Å²) >= 11 is 0. The number of pyridine rings is 2. The summed E-state index contributed by atoms with van der Waals surface area (Å²) in [4.78, 5) is 15.4. The largest absolute Gasteiger partial charge is 0.375 e. The molecule has 0 aliphatic heterocycles. The van der Waals surface area contributed by atoms with E-state index in [2.05, 4.69) is 10.4 Å². The van der Waals surface area contributed by atoms with Gasteiger partial charge in [-0.1, -0.05) is 0 Å². The zero-order valence-electron chi connectivity index (χ0n) is 7.34. The number of aliphatic hydroxyl groups excluding tert-OH is 1. The zero-order valence-corrected chi connectivity index (χ0v) is 7.34. The molecule has 5 nitrogen and oxygen atoms in total. The standard InChI is InChI=1S/C9H9N3O2/c13-6-11-12-8(14)4-3-7-2-1-5-10-9(7)12/h1-5,11,13H,6H2. The smallest absolute Gasteiger partial charge is 0.270 e. The Morgan fingerprint density at radius 3 is 3.07 bits per heavy atom. The second kappa shape index (κ2) is 3.47. The summed E-state index contributed by atoms with van der Waals surface area (Å²) < 4.78 is 1.22. The summed E-state index contributed by atoms with van der Waals surface area (Å²) in [6, 6.07) is 6.75. The van der Waals surface area contributed by atoms with Crippen molar-refractivity contribution in [3.63, 3.8) is 0 Å². The molecule has 0 fully saturated rings. The summed E-state index contributed by atoms with van der Waals surface area (Å²) in [5, 5.41) is 9.55. The van der Waals surface area contributed by atoms with Crippen LogP contribution in [0.15, 0.2) is 35.3 Å². The lowest BCUT2D eigenvalue weighted by Gasteiger charge is -2.08. The monoisotopic (exact) mass is 191 g/mol. The maximum absolute atomic E-state index is 11.4. The maximum atomic E-state index is 11.4. The van der Waals surface area contributed by atoms with Crippen molar-refractivity contribution in [2.24, 2.45) is 0 Å². The highest BCUT2D eigenvalue weighted by molar-refractivity contribution is 5.74. The first kappa shape index (κ1) is 8.71. The van der Waals surface area contributed by atoms with Gasteiger partial charge in [0.1, 0.15) is 6.73 Å². The summed E-state index contributed by atoms with van der Waals surface area (Å²) in [5.41, 5.74) is 2.78. The summed E-state index contributed by atoms with van der Waals surface area (Å²) in [5.74, 6) is 0. The lowest BCUT2D eigenvalue weighted by atomic mass is 10.3. The highest BCUT2D eigenvalue weighted by Crippen LogP contribution is 2.05. The molecule has 0 spiro atoms. The molecule has 5 heteroatoms. The van der Waals surface area contributed by atoms with Crippen LogP contribution in [0.1, 0.15) is 0 Å². The summed E-state index contributed by atoms with van der Waals surface area (Å²) in [7, 11) is 0. The number of hydrogen-bond donors (Lipinski definition) is 2. The molecule has 2 aromatic rings. The van der Waals surface area contributed by atoms with Crippen LogP contribution in [-0.2, 0) is 0 Å². The average molecular weight is 191 g/mol. The first-order valence-corrected chi connectivity index (χ1v) is 4.14. The van der Waals surface area contributed by atoms with Crippen molar-refractivity contribution in [2.45, 2.75) is 0 Å². The SMILES string of the molecule is O=c1ccc2cccnc2n1NCO. The molecule has 0 atom stereocenters. The van der Waals surface area contributed by atoms with E-state index < -0.39 is 0 Å². The van der Waals surface area contributed by atoms with Crippen LogP contribution in [0.2, 0.25) is 0 Å².